The molecule has 0 fully saturated rings. The normalized spacial score (nSPS) is 12.9. The third-order valence-electron chi connectivity index (χ3n) is 2.87. The number of esters is 1. The summed E-state index contributed by atoms with van der Waals surface area (Å²) in [6, 6.07) is 11.2. The predicted octanol–water partition coefficient (Wildman–Crippen LogP) is 2.89. The lowest BCUT2D eigenvalue weighted by molar-refractivity contribution is -0.118. The summed E-state index contributed by atoms with van der Waals surface area (Å²) in [4.78, 5) is 23.2. The minimum absolute atomic E-state index is 0.0170. The first kappa shape index (κ1) is 13.5. The molecule has 6 heteroatoms. The summed E-state index contributed by atoms with van der Waals surface area (Å²) >= 11 is 5.76. The van der Waals surface area contributed by atoms with Gasteiger partial charge in [0.25, 0.3) is 5.91 Å². The fourth-order valence-electron chi connectivity index (χ4n) is 1.88. The van der Waals surface area contributed by atoms with Crippen molar-refractivity contribution in [3.63, 3.8) is 0 Å². The molecule has 2 aromatic rings. The first-order chi connectivity index (χ1) is 10.1. The lowest BCUT2D eigenvalue weighted by Crippen LogP contribution is -2.25. The van der Waals surface area contributed by atoms with Crippen molar-refractivity contribution in [2.45, 2.75) is 0 Å². The number of carbonyl (C=O) groups excluding carboxylic acids is 2. The van der Waals surface area contributed by atoms with Gasteiger partial charge in [0.1, 0.15) is 11.5 Å². The first-order valence-corrected chi connectivity index (χ1v) is 6.54. The summed E-state index contributed by atoms with van der Waals surface area (Å²) < 4.78 is 10.5. The van der Waals surface area contributed by atoms with Crippen molar-refractivity contribution in [1.82, 2.24) is 0 Å². The number of rotatable bonds is 2. The Labute approximate surface area is 125 Å². The molecule has 0 atom stereocenters. The van der Waals surface area contributed by atoms with Crippen LogP contribution in [0.25, 0.3) is 0 Å². The minimum atomic E-state index is -0.505. The van der Waals surface area contributed by atoms with Crippen LogP contribution >= 0.6 is 11.6 Å². The molecule has 0 saturated carbocycles. The highest BCUT2D eigenvalue weighted by molar-refractivity contribution is 6.30. The van der Waals surface area contributed by atoms with E-state index >= 15 is 0 Å². The van der Waals surface area contributed by atoms with E-state index in [2.05, 4.69) is 5.32 Å². The number of fused-ring (bicyclic) bond motifs is 1. The molecule has 21 heavy (non-hydrogen) atoms. The molecule has 1 heterocycles. The highest BCUT2D eigenvalue weighted by Crippen LogP contribution is 2.31. The van der Waals surface area contributed by atoms with Gasteiger partial charge in [0, 0.05) is 11.1 Å². The van der Waals surface area contributed by atoms with Crippen LogP contribution in [0.15, 0.2) is 42.5 Å². The van der Waals surface area contributed by atoms with E-state index in [4.69, 9.17) is 21.1 Å². The molecule has 0 bridgehead atoms. The lowest BCUT2D eigenvalue weighted by atomic mass is 10.2. The zero-order chi connectivity index (χ0) is 14.8. The second-order valence-corrected chi connectivity index (χ2v) is 4.83. The minimum Gasteiger partial charge on any atom is -0.482 e. The molecule has 1 N–H and O–H groups in total. The van der Waals surface area contributed by atoms with Crippen molar-refractivity contribution in [2.75, 3.05) is 11.9 Å². The van der Waals surface area contributed by atoms with E-state index < -0.39 is 5.97 Å². The van der Waals surface area contributed by atoms with Gasteiger partial charge < -0.3 is 14.8 Å². The standard InChI is InChI=1S/C15H10ClNO4/c16-10-3-1-9(2-4-10)15(19)21-11-5-6-13-12(7-11)17-14(18)8-20-13/h1-7H,8H2,(H,17,18). The summed E-state index contributed by atoms with van der Waals surface area (Å²) in [7, 11) is 0. The van der Waals surface area contributed by atoms with Crippen LogP contribution < -0.4 is 14.8 Å². The SMILES string of the molecule is O=C1COc2ccc(OC(=O)c3ccc(Cl)cc3)cc2N1. The Morgan fingerprint density at radius 2 is 1.95 bits per heavy atom. The number of carbonyl (C=O) groups is 2. The summed E-state index contributed by atoms with van der Waals surface area (Å²) in [5, 5.41) is 3.19. The monoisotopic (exact) mass is 303 g/mol. The summed E-state index contributed by atoms with van der Waals surface area (Å²) in [6.45, 7) is -0.0170. The lowest BCUT2D eigenvalue weighted by Gasteiger charge is -2.18. The molecule has 5 nitrogen and oxygen atoms in total. The van der Waals surface area contributed by atoms with E-state index in [1.54, 1.807) is 42.5 Å². The Balaban J connectivity index is 1.79. The van der Waals surface area contributed by atoms with Gasteiger partial charge in [-0.25, -0.2) is 4.79 Å². The van der Waals surface area contributed by atoms with Crippen LogP contribution in [-0.4, -0.2) is 18.5 Å². The number of anilines is 1. The molecule has 2 aromatic carbocycles. The van der Waals surface area contributed by atoms with Gasteiger partial charge >= 0.3 is 5.97 Å². The highest BCUT2D eigenvalue weighted by Gasteiger charge is 2.17. The quantitative estimate of drug-likeness (QED) is 0.684. The Morgan fingerprint density at radius 3 is 2.71 bits per heavy atom. The van der Waals surface area contributed by atoms with Gasteiger partial charge in [-0.3, -0.25) is 4.79 Å². The third-order valence-corrected chi connectivity index (χ3v) is 3.13. The van der Waals surface area contributed by atoms with Gasteiger partial charge in [-0.05, 0) is 36.4 Å². The van der Waals surface area contributed by atoms with Crippen molar-refractivity contribution in [3.05, 3.63) is 53.1 Å². The number of hydrogen-bond donors (Lipinski definition) is 1. The largest absolute Gasteiger partial charge is 0.482 e. The summed E-state index contributed by atoms with van der Waals surface area (Å²) in [6.07, 6.45) is 0. The molecule has 1 amide bonds. The van der Waals surface area contributed by atoms with Crippen LogP contribution in [0.5, 0.6) is 11.5 Å². The number of hydrogen-bond acceptors (Lipinski definition) is 4. The molecule has 1 aliphatic heterocycles. The molecule has 0 saturated heterocycles. The smallest absolute Gasteiger partial charge is 0.343 e. The zero-order valence-electron chi connectivity index (χ0n) is 10.8. The van der Waals surface area contributed by atoms with Crippen LogP contribution in [0, 0.1) is 0 Å². The van der Waals surface area contributed by atoms with Crippen LogP contribution in [0.1, 0.15) is 10.4 Å². The second kappa shape index (κ2) is 5.46. The van der Waals surface area contributed by atoms with Gasteiger partial charge in [0.15, 0.2) is 6.61 Å². The van der Waals surface area contributed by atoms with Gasteiger partial charge in [0.2, 0.25) is 0 Å². The van der Waals surface area contributed by atoms with E-state index in [0.717, 1.165) is 0 Å². The molecule has 0 aromatic heterocycles. The molecular weight excluding hydrogens is 294 g/mol. The molecule has 106 valence electrons. The Morgan fingerprint density at radius 1 is 1.19 bits per heavy atom. The number of benzene rings is 2. The van der Waals surface area contributed by atoms with Crippen LogP contribution in [0.2, 0.25) is 5.02 Å². The van der Waals surface area contributed by atoms with Crippen molar-refractivity contribution in [1.29, 1.82) is 0 Å². The molecule has 1 aliphatic rings. The predicted molar refractivity (Wildman–Crippen MR) is 77.0 cm³/mol. The van der Waals surface area contributed by atoms with E-state index in [-0.39, 0.29) is 12.5 Å². The van der Waals surface area contributed by atoms with Gasteiger partial charge in [-0.2, -0.15) is 0 Å². The fourth-order valence-corrected chi connectivity index (χ4v) is 2.00. The Bertz CT molecular complexity index is 712. The fraction of sp³-hybridized carbons (Fsp3) is 0.0667. The molecular formula is C15H10ClNO4. The van der Waals surface area contributed by atoms with E-state index in [1.807, 2.05) is 0 Å². The number of nitrogens with one attached hydrogen (secondary N) is 1. The topological polar surface area (TPSA) is 64.6 Å². The maximum absolute atomic E-state index is 12.0. The molecule has 0 aliphatic carbocycles. The van der Waals surface area contributed by atoms with E-state index in [9.17, 15) is 9.59 Å². The van der Waals surface area contributed by atoms with Crippen LogP contribution in [0.3, 0.4) is 0 Å². The van der Waals surface area contributed by atoms with Crippen LogP contribution in [0.4, 0.5) is 5.69 Å². The van der Waals surface area contributed by atoms with Crippen molar-refractivity contribution < 1.29 is 19.1 Å². The van der Waals surface area contributed by atoms with Gasteiger partial charge in [-0.1, -0.05) is 11.6 Å². The van der Waals surface area contributed by atoms with E-state index in [0.29, 0.717) is 27.8 Å². The summed E-state index contributed by atoms with van der Waals surface area (Å²) in [5.41, 5.74) is 0.866. The second-order valence-electron chi connectivity index (χ2n) is 4.39. The van der Waals surface area contributed by atoms with E-state index in [1.165, 1.54) is 0 Å². The molecule has 0 spiro atoms. The van der Waals surface area contributed by atoms with Crippen molar-refractivity contribution >= 4 is 29.2 Å². The summed E-state index contributed by atoms with van der Waals surface area (Å²) in [5.74, 6) is 0.110. The zero-order valence-corrected chi connectivity index (χ0v) is 11.5. The molecule has 0 unspecified atom stereocenters. The Kier molecular flexibility index (Phi) is 3.50. The van der Waals surface area contributed by atoms with Crippen LogP contribution in [-0.2, 0) is 4.79 Å². The number of ether oxygens (including phenoxy) is 2. The van der Waals surface area contributed by atoms with Crippen molar-refractivity contribution in [3.8, 4) is 11.5 Å². The maximum Gasteiger partial charge on any atom is 0.343 e. The van der Waals surface area contributed by atoms with Gasteiger partial charge in [0.05, 0.1) is 11.3 Å². The maximum atomic E-state index is 12.0. The number of halogens is 1. The Hall–Kier alpha value is -2.53. The highest BCUT2D eigenvalue weighted by atomic mass is 35.5. The van der Waals surface area contributed by atoms with Crippen molar-refractivity contribution in [2.24, 2.45) is 0 Å². The molecule has 3 rings (SSSR count). The molecule has 0 radical (unpaired) electrons. The first-order valence-electron chi connectivity index (χ1n) is 6.16. The third kappa shape index (κ3) is 2.98. The number of amides is 1. The average molecular weight is 304 g/mol. The average Bonchev–Trinajstić information content (AvgIpc) is 2.47. The van der Waals surface area contributed by atoms with Gasteiger partial charge in [-0.15, -0.1) is 0 Å².